The van der Waals surface area contributed by atoms with Crippen molar-refractivity contribution in [2.24, 2.45) is 5.92 Å². The van der Waals surface area contributed by atoms with Gasteiger partial charge in [0.15, 0.2) is 10.9 Å². The number of hydrogen-bond donors (Lipinski definition) is 0. The number of benzene rings is 1. The summed E-state index contributed by atoms with van der Waals surface area (Å²) in [6.07, 6.45) is 4.53. The molecule has 4 rings (SSSR count). The predicted octanol–water partition coefficient (Wildman–Crippen LogP) is 3.07. The molecule has 33 heavy (non-hydrogen) atoms. The first-order chi connectivity index (χ1) is 16.1. The SMILES string of the molecule is CCOC(=O)C1CCN(C(=O)c2nnn(-c3ccc(C)cc3)c2CSc2ncccn2)CC1. The van der Waals surface area contributed by atoms with Crippen LogP contribution in [0.25, 0.3) is 5.69 Å². The third kappa shape index (κ3) is 5.39. The van der Waals surface area contributed by atoms with Gasteiger partial charge >= 0.3 is 5.97 Å². The van der Waals surface area contributed by atoms with Crippen LogP contribution in [0.3, 0.4) is 0 Å². The number of nitrogens with zero attached hydrogens (tertiary/aromatic N) is 6. The van der Waals surface area contributed by atoms with Crippen molar-refractivity contribution in [3.05, 3.63) is 59.7 Å². The van der Waals surface area contributed by atoms with E-state index < -0.39 is 0 Å². The van der Waals surface area contributed by atoms with Gasteiger partial charge in [0, 0.05) is 31.2 Å². The van der Waals surface area contributed by atoms with E-state index in [1.165, 1.54) is 11.8 Å². The van der Waals surface area contributed by atoms with E-state index in [4.69, 9.17) is 4.74 Å². The van der Waals surface area contributed by atoms with E-state index in [9.17, 15) is 9.59 Å². The lowest BCUT2D eigenvalue weighted by Gasteiger charge is -2.30. The maximum atomic E-state index is 13.4. The number of aryl methyl sites for hydroxylation is 1. The number of aromatic nitrogens is 5. The quantitative estimate of drug-likeness (QED) is 0.297. The van der Waals surface area contributed by atoms with Crippen LogP contribution in [-0.2, 0) is 15.3 Å². The van der Waals surface area contributed by atoms with E-state index in [2.05, 4.69) is 20.3 Å². The number of esters is 1. The van der Waals surface area contributed by atoms with Crippen LogP contribution in [0.15, 0.2) is 47.9 Å². The number of rotatable bonds is 7. The summed E-state index contributed by atoms with van der Waals surface area (Å²) >= 11 is 1.42. The molecule has 10 heteroatoms. The molecule has 1 aromatic carbocycles. The number of likely N-dealkylation sites (tertiary alicyclic amines) is 1. The standard InChI is InChI=1S/C23H26N6O3S/c1-3-32-22(31)17-9-13-28(14-10-17)21(30)20-19(15-33-23-24-11-4-12-25-23)29(27-26-20)18-7-5-16(2)6-8-18/h4-8,11-12,17H,3,9-10,13-15H2,1-2H3. The Morgan fingerprint density at radius 2 is 1.82 bits per heavy atom. The summed E-state index contributed by atoms with van der Waals surface area (Å²) in [6, 6.07) is 9.66. The van der Waals surface area contributed by atoms with Crippen molar-refractivity contribution in [3.63, 3.8) is 0 Å². The minimum Gasteiger partial charge on any atom is -0.466 e. The van der Waals surface area contributed by atoms with Crippen molar-refractivity contribution in [2.45, 2.75) is 37.6 Å². The van der Waals surface area contributed by atoms with Gasteiger partial charge in [0.1, 0.15) is 0 Å². The Morgan fingerprint density at radius 1 is 1.12 bits per heavy atom. The maximum absolute atomic E-state index is 13.4. The van der Waals surface area contributed by atoms with Gasteiger partial charge in [-0.1, -0.05) is 34.7 Å². The summed E-state index contributed by atoms with van der Waals surface area (Å²) < 4.78 is 6.84. The van der Waals surface area contributed by atoms with Crippen molar-refractivity contribution >= 4 is 23.6 Å². The van der Waals surface area contributed by atoms with Crippen molar-refractivity contribution in [2.75, 3.05) is 19.7 Å². The van der Waals surface area contributed by atoms with Crippen LogP contribution >= 0.6 is 11.8 Å². The maximum Gasteiger partial charge on any atom is 0.309 e. The molecule has 0 radical (unpaired) electrons. The lowest BCUT2D eigenvalue weighted by Crippen LogP contribution is -2.41. The van der Waals surface area contributed by atoms with Gasteiger partial charge in [-0.25, -0.2) is 14.6 Å². The van der Waals surface area contributed by atoms with Gasteiger partial charge in [-0.3, -0.25) is 9.59 Å². The lowest BCUT2D eigenvalue weighted by atomic mass is 9.97. The van der Waals surface area contributed by atoms with Crippen molar-refractivity contribution in [1.82, 2.24) is 29.9 Å². The summed E-state index contributed by atoms with van der Waals surface area (Å²) in [5.41, 5.74) is 2.97. The lowest BCUT2D eigenvalue weighted by molar-refractivity contribution is -0.149. The number of hydrogen-bond acceptors (Lipinski definition) is 8. The monoisotopic (exact) mass is 466 g/mol. The summed E-state index contributed by atoms with van der Waals surface area (Å²) in [5.74, 6) is -0.0942. The molecular formula is C23H26N6O3S. The molecular weight excluding hydrogens is 440 g/mol. The second-order valence-electron chi connectivity index (χ2n) is 7.77. The van der Waals surface area contributed by atoms with Gasteiger partial charge in [0.2, 0.25) is 0 Å². The fourth-order valence-electron chi connectivity index (χ4n) is 3.71. The van der Waals surface area contributed by atoms with Crippen molar-refractivity contribution in [1.29, 1.82) is 0 Å². The van der Waals surface area contributed by atoms with Crippen LogP contribution < -0.4 is 0 Å². The van der Waals surface area contributed by atoms with Crippen LogP contribution in [0.4, 0.5) is 0 Å². The number of carbonyl (C=O) groups is 2. The molecule has 1 aliphatic heterocycles. The minimum atomic E-state index is -0.185. The molecule has 3 heterocycles. The van der Waals surface area contributed by atoms with Crippen LogP contribution in [0.2, 0.25) is 0 Å². The number of ether oxygens (including phenoxy) is 1. The summed E-state index contributed by atoms with van der Waals surface area (Å²) in [6.45, 7) is 5.14. The molecule has 1 aliphatic rings. The molecule has 0 saturated carbocycles. The third-order valence-corrected chi connectivity index (χ3v) is 6.41. The fourth-order valence-corrected chi connectivity index (χ4v) is 4.51. The van der Waals surface area contributed by atoms with E-state index in [0.29, 0.717) is 54.8 Å². The topological polar surface area (TPSA) is 103 Å². The fraction of sp³-hybridized carbons (Fsp3) is 0.391. The normalized spacial score (nSPS) is 14.3. The molecule has 1 saturated heterocycles. The van der Waals surface area contributed by atoms with Gasteiger partial charge in [0.05, 0.1) is 23.9 Å². The van der Waals surface area contributed by atoms with Crippen molar-refractivity contribution < 1.29 is 14.3 Å². The highest BCUT2D eigenvalue weighted by Crippen LogP contribution is 2.25. The number of amides is 1. The summed E-state index contributed by atoms with van der Waals surface area (Å²) in [7, 11) is 0. The molecule has 0 spiro atoms. The Labute approximate surface area is 196 Å². The molecule has 0 N–H and O–H groups in total. The first kappa shape index (κ1) is 22.9. The molecule has 0 bridgehead atoms. The van der Waals surface area contributed by atoms with Crippen LogP contribution in [0.1, 0.15) is 41.5 Å². The Morgan fingerprint density at radius 3 is 2.48 bits per heavy atom. The molecule has 0 unspecified atom stereocenters. The second-order valence-corrected chi connectivity index (χ2v) is 8.71. The number of piperidine rings is 1. The Kier molecular flexibility index (Phi) is 7.33. The van der Waals surface area contributed by atoms with E-state index in [1.54, 1.807) is 35.0 Å². The third-order valence-electron chi connectivity index (χ3n) is 5.53. The van der Waals surface area contributed by atoms with Gasteiger partial charge in [-0.05, 0) is 44.9 Å². The summed E-state index contributed by atoms with van der Waals surface area (Å²) in [4.78, 5) is 35.7. The highest BCUT2D eigenvalue weighted by Gasteiger charge is 2.31. The average Bonchev–Trinajstić information content (AvgIpc) is 3.27. The molecule has 1 fully saturated rings. The highest BCUT2D eigenvalue weighted by atomic mass is 32.2. The van der Waals surface area contributed by atoms with Crippen molar-refractivity contribution in [3.8, 4) is 5.69 Å². The molecule has 2 aromatic heterocycles. The van der Waals surface area contributed by atoms with E-state index >= 15 is 0 Å². The van der Waals surface area contributed by atoms with Gasteiger partial charge in [-0.2, -0.15) is 0 Å². The summed E-state index contributed by atoms with van der Waals surface area (Å²) in [5, 5.41) is 9.18. The second kappa shape index (κ2) is 10.6. The van der Waals surface area contributed by atoms with Crippen LogP contribution in [0, 0.1) is 12.8 Å². The van der Waals surface area contributed by atoms with Crippen LogP contribution in [-0.4, -0.2) is 61.4 Å². The molecule has 172 valence electrons. The smallest absolute Gasteiger partial charge is 0.309 e. The number of thioether (sulfide) groups is 1. The first-order valence-corrected chi connectivity index (χ1v) is 11.9. The Hall–Kier alpha value is -3.27. The predicted molar refractivity (Wildman–Crippen MR) is 123 cm³/mol. The zero-order valence-electron chi connectivity index (χ0n) is 18.7. The Balaban J connectivity index is 1.56. The van der Waals surface area contributed by atoms with E-state index in [0.717, 1.165) is 11.3 Å². The zero-order valence-corrected chi connectivity index (χ0v) is 19.5. The van der Waals surface area contributed by atoms with E-state index in [-0.39, 0.29) is 17.8 Å². The minimum absolute atomic E-state index is 0.164. The molecule has 3 aromatic rings. The van der Waals surface area contributed by atoms with Crippen LogP contribution in [0.5, 0.6) is 0 Å². The number of carbonyl (C=O) groups excluding carboxylic acids is 2. The highest BCUT2D eigenvalue weighted by molar-refractivity contribution is 7.98. The van der Waals surface area contributed by atoms with Gasteiger partial charge < -0.3 is 9.64 Å². The zero-order chi connectivity index (χ0) is 23.2. The largest absolute Gasteiger partial charge is 0.466 e. The average molecular weight is 467 g/mol. The molecule has 1 amide bonds. The van der Waals surface area contributed by atoms with Gasteiger partial charge in [0.25, 0.3) is 5.91 Å². The Bertz CT molecular complexity index is 1100. The molecule has 0 aliphatic carbocycles. The first-order valence-electron chi connectivity index (χ1n) is 10.9. The molecule has 0 atom stereocenters. The molecule has 9 nitrogen and oxygen atoms in total. The van der Waals surface area contributed by atoms with E-state index in [1.807, 2.05) is 31.2 Å². The van der Waals surface area contributed by atoms with Gasteiger partial charge in [-0.15, -0.1) is 5.10 Å².